The van der Waals surface area contributed by atoms with Gasteiger partial charge in [0, 0.05) is 16.0 Å². The van der Waals surface area contributed by atoms with Crippen LogP contribution in [-0.2, 0) is 0 Å². The van der Waals surface area contributed by atoms with Crippen LogP contribution >= 0.6 is 34.5 Å². The lowest BCUT2D eigenvalue weighted by Gasteiger charge is -2.04. The number of nitrogens with one attached hydrogen (secondary N) is 1. The Bertz CT molecular complexity index is 865. The van der Waals surface area contributed by atoms with Gasteiger partial charge in [-0.15, -0.1) is 11.3 Å². The van der Waals surface area contributed by atoms with Crippen LogP contribution in [0, 0.1) is 5.82 Å². The molecule has 1 aromatic heterocycles. The minimum atomic E-state index is -0.391. The van der Waals surface area contributed by atoms with Crippen molar-refractivity contribution in [2.24, 2.45) is 0 Å². The second-order valence-corrected chi connectivity index (χ2v) is 6.32. The summed E-state index contributed by atoms with van der Waals surface area (Å²) in [5, 5.41) is 5.61. The Morgan fingerprint density at radius 2 is 1.87 bits per heavy atom. The number of thiazole rings is 1. The quantitative estimate of drug-likeness (QED) is 0.663. The summed E-state index contributed by atoms with van der Waals surface area (Å²) in [5.74, 6) is -0.703. The van der Waals surface area contributed by atoms with E-state index in [4.69, 9.17) is 23.2 Å². The lowest BCUT2D eigenvalue weighted by atomic mass is 10.2. The maximum absolute atomic E-state index is 12.9. The minimum absolute atomic E-state index is 0.276. The summed E-state index contributed by atoms with van der Waals surface area (Å²) < 4.78 is 12.9. The van der Waals surface area contributed by atoms with E-state index < -0.39 is 5.91 Å². The van der Waals surface area contributed by atoms with E-state index >= 15 is 0 Å². The van der Waals surface area contributed by atoms with E-state index in [0.717, 1.165) is 5.56 Å². The first-order valence-corrected chi connectivity index (χ1v) is 8.14. The fourth-order valence-electron chi connectivity index (χ4n) is 1.92. The Labute approximate surface area is 145 Å². The average molecular weight is 367 g/mol. The van der Waals surface area contributed by atoms with Crippen LogP contribution in [0.2, 0.25) is 10.0 Å². The highest BCUT2D eigenvalue weighted by molar-refractivity contribution is 7.14. The summed E-state index contributed by atoms with van der Waals surface area (Å²) in [5.41, 5.74) is 1.70. The second-order valence-electron chi connectivity index (χ2n) is 4.62. The van der Waals surface area contributed by atoms with Crippen molar-refractivity contribution < 1.29 is 9.18 Å². The van der Waals surface area contributed by atoms with Gasteiger partial charge in [0.05, 0.1) is 16.3 Å². The Kier molecular flexibility index (Phi) is 4.61. The molecule has 2 aromatic carbocycles. The monoisotopic (exact) mass is 366 g/mol. The van der Waals surface area contributed by atoms with E-state index in [2.05, 4.69) is 10.3 Å². The molecule has 1 N–H and O–H groups in total. The molecule has 0 saturated carbocycles. The van der Waals surface area contributed by atoms with Gasteiger partial charge >= 0.3 is 0 Å². The van der Waals surface area contributed by atoms with Gasteiger partial charge in [0.2, 0.25) is 0 Å². The molecule has 0 spiro atoms. The topological polar surface area (TPSA) is 42.0 Å². The average Bonchev–Trinajstić information content (AvgIpc) is 2.99. The third-order valence-corrected chi connectivity index (χ3v) is 4.36. The number of halogens is 3. The number of hydrogen-bond donors (Lipinski definition) is 1. The number of carbonyl (C=O) groups is 1. The smallest absolute Gasteiger partial charge is 0.259 e. The van der Waals surface area contributed by atoms with Gasteiger partial charge in [-0.1, -0.05) is 23.2 Å². The lowest BCUT2D eigenvalue weighted by molar-refractivity contribution is 0.102. The van der Waals surface area contributed by atoms with Gasteiger partial charge in [-0.05, 0) is 42.5 Å². The molecule has 7 heteroatoms. The van der Waals surface area contributed by atoms with Crippen molar-refractivity contribution in [3.63, 3.8) is 0 Å². The van der Waals surface area contributed by atoms with Crippen molar-refractivity contribution >= 4 is 45.6 Å². The lowest BCUT2D eigenvalue weighted by Crippen LogP contribution is -2.12. The van der Waals surface area contributed by atoms with Gasteiger partial charge < -0.3 is 0 Å². The number of anilines is 1. The SMILES string of the molecule is O=C(Nc1nc(-c2ccc(F)cc2)cs1)c1cc(Cl)ccc1Cl. The highest BCUT2D eigenvalue weighted by Crippen LogP contribution is 2.27. The number of benzene rings is 2. The van der Waals surface area contributed by atoms with E-state index in [1.54, 1.807) is 29.6 Å². The molecule has 0 aliphatic carbocycles. The zero-order chi connectivity index (χ0) is 16.4. The predicted molar refractivity (Wildman–Crippen MR) is 91.9 cm³/mol. The molecule has 3 aromatic rings. The predicted octanol–water partition coefficient (Wildman–Crippen LogP) is 5.51. The van der Waals surface area contributed by atoms with E-state index in [0.29, 0.717) is 20.9 Å². The summed E-state index contributed by atoms with van der Waals surface area (Å²) in [6, 6.07) is 10.6. The van der Waals surface area contributed by atoms with Crippen LogP contribution in [0.3, 0.4) is 0 Å². The van der Waals surface area contributed by atoms with E-state index in [1.165, 1.54) is 29.5 Å². The van der Waals surface area contributed by atoms with Crippen LogP contribution < -0.4 is 5.32 Å². The molecule has 0 fully saturated rings. The van der Waals surface area contributed by atoms with Crippen molar-refractivity contribution in [1.82, 2.24) is 4.98 Å². The number of rotatable bonds is 3. The normalized spacial score (nSPS) is 10.6. The molecule has 1 heterocycles. The summed E-state index contributed by atoms with van der Waals surface area (Å²) in [4.78, 5) is 16.6. The van der Waals surface area contributed by atoms with Crippen molar-refractivity contribution in [2.45, 2.75) is 0 Å². The Morgan fingerprint density at radius 3 is 2.61 bits per heavy atom. The van der Waals surface area contributed by atoms with Crippen LogP contribution in [0.4, 0.5) is 9.52 Å². The molecule has 23 heavy (non-hydrogen) atoms. The molecule has 0 radical (unpaired) electrons. The summed E-state index contributed by atoms with van der Waals surface area (Å²) in [6.07, 6.45) is 0. The van der Waals surface area contributed by atoms with Gasteiger partial charge in [0.15, 0.2) is 5.13 Å². The third kappa shape index (κ3) is 3.69. The number of carbonyl (C=O) groups excluding carboxylic acids is 1. The van der Waals surface area contributed by atoms with Gasteiger partial charge in [0.25, 0.3) is 5.91 Å². The molecule has 0 saturated heterocycles. The van der Waals surface area contributed by atoms with Crippen LogP contribution in [0.15, 0.2) is 47.8 Å². The highest BCUT2D eigenvalue weighted by Gasteiger charge is 2.13. The Hall–Kier alpha value is -1.95. The van der Waals surface area contributed by atoms with Crippen molar-refractivity contribution in [1.29, 1.82) is 0 Å². The molecular formula is C16H9Cl2FN2OS. The summed E-state index contributed by atoms with van der Waals surface area (Å²) in [7, 11) is 0. The van der Waals surface area contributed by atoms with Gasteiger partial charge in [-0.3, -0.25) is 10.1 Å². The summed E-state index contributed by atoms with van der Waals surface area (Å²) >= 11 is 13.1. The molecule has 3 rings (SSSR count). The van der Waals surface area contributed by atoms with E-state index in [-0.39, 0.29) is 11.4 Å². The van der Waals surface area contributed by atoms with Crippen LogP contribution in [0.25, 0.3) is 11.3 Å². The first-order valence-electron chi connectivity index (χ1n) is 6.51. The maximum Gasteiger partial charge on any atom is 0.259 e. The van der Waals surface area contributed by atoms with Crippen LogP contribution in [0.5, 0.6) is 0 Å². The van der Waals surface area contributed by atoms with Crippen molar-refractivity contribution in [3.05, 3.63) is 69.3 Å². The van der Waals surface area contributed by atoms with Crippen LogP contribution in [-0.4, -0.2) is 10.9 Å². The van der Waals surface area contributed by atoms with Gasteiger partial charge in [0.1, 0.15) is 5.82 Å². The zero-order valence-electron chi connectivity index (χ0n) is 11.5. The van der Waals surface area contributed by atoms with E-state index in [1.807, 2.05) is 0 Å². The number of amides is 1. The van der Waals surface area contributed by atoms with Gasteiger partial charge in [-0.25, -0.2) is 9.37 Å². The maximum atomic E-state index is 12.9. The molecule has 0 aliphatic heterocycles. The largest absolute Gasteiger partial charge is 0.298 e. The minimum Gasteiger partial charge on any atom is -0.298 e. The number of aromatic nitrogens is 1. The number of hydrogen-bond acceptors (Lipinski definition) is 3. The first kappa shape index (κ1) is 15.9. The Balaban J connectivity index is 1.80. The molecule has 3 nitrogen and oxygen atoms in total. The Morgan fingerprint density at radius 1 is 1.13 bits per heavy atom. The van der Waals surface area contributed by atoms with Gasteiger partial charge in [-0.2, -0.15) is 0 Å². The molecule has 0 atom stereocenters. The third-order valence-electron chi connectivity index (χ3n) is 3.04. The highest BCUT2D eigenvalue weighted by atomic mass is 35.5. The summed E-state index contributed by atoms with van der Waals surface area (Å²) in [6.45, 7) is 0. The standard InChI is InChI=1S/C16H9Cl2FN2OS/c17-10-3-6-13(18)12(7-10)15(22)21-16-20-14(8-23-16)9-1-4-11(19)5-2-9/h1-8H,(H,20,21,22). The first-order chi connectivity index (χ1) is 11.0. The van der Waals surface area contributed by atoms with Crippen molar-refractivity contribution in [3.8, 4) is 11.3 Å². The molecule has 0 aliphatic rings. The fraction of sp³-hybridized carbons (Fsp3) is 0. The molecule has 0 unspecified atom stereocenters. The van der Waals surface area contributed by atoms with E-state index in [9.17, 15) is 9.18 Å². The zero-order valence-corrected chi connectivity index (χ0v) is 13.8. The molecule has 0 bridgehead atoms. The number of nitrogens with zero attached hydrogens (tertiary/aromatic N) is 1. The molecule has 1 amide bonds. The fourth-order valence-corrected chi connectivity index (χ4v) is 3.01. The second kappa shape index (κ2) is 6.66. The van der Waals surface area contributed by atoms with Crippen LogP contribution in [0.1, 0.15) is 10.4 Å². The molecular weight excluding hydrogens is 358 g/mol. The van der Waals surface area contributed by atoms with Crippen molar-refractivity contribution in [2.75, 3.05) is 5.32 Å². The molecule has 116 valence electrons.